The molecule has 1 aliphatic heterocycles. The fraction of sp³-hybridized carbons (Fsp3) is 0.353. The SMILES string of the molecule is CC(=O)c1c(F)cccc1NC1CCN(c2cccnn2)CC1. The van der Waals surface area contributed by atoms with E-state index in [1.54, 1.807) is 18.3 Å². The van der Waals surface area contributed by atoms with Crippen LogP contribution in [-0.4, -0.2) is 35.1 Å². The molecule has 0 saturated carbocycles. The molecule has 0 amide bonds. The predicted molar refractivity (Wildman–Crippen MR) is 87.3 cm³/mol. The molecule has 23 heavy (non-hydrogen) atoms. The van der Waals surface area contributed by atoms with Crippen LogP contribution < -0.4 is 10.2 Å². The first-order valence-electron chi connectivity index (χ1n) is 7.74. The summed E-state index contributed by atoms with van der Waals surface area (Å²) in [6.07, 6.45) is 3.44. The Kier molecular flexibility index (Phi) is 4.50. The minimum atomic E-state index is -0.473. The summed E-state index contributed by atoms with van der Waals surface area (Å²) in [5.41, 5.74) is 0.722. The Morgan fingerprint density at radius 1 is 1.26 bits per heavy atom. The standard InChI is InChI=1S/C17H19FN4O/c1-12(23)17-14(18)4-2-5-15(17)20-13-7-10-22(11-8-13)16-6-3-9-19-21-16/h2-6,9,13,20H,7-8,10-11H2,1H3. The van der Waals surface area contributed by atoms with Crippen LogP contribution >= 0.6 is 0 Å². The Morgan fingerprint density at radius 2 is 2.04 bits per heavy atom. The van der Waals surface area contributed by atoms with Gasteiger partial charge in [0.1, 0.15) is 5.82 Å². The summed E-state index contributed by atoms with van der Waals surface area (Å²) in [5.74, 6) is 0.142. The number of Topliss-reactive ketones (excluding diaryl/α,β-unsaturated/α-hetero) is 1. The molecular weight excluding hydrogens is 295 g/mol. The number of nitrogens with one attached hydrogen (secondary N) is 1. The number of ketones is 1. The van der Waals surface area contributed by atoms with E-state index >= 15 is 0 Å². The van der Waals surface area contributed by atoms with Gasteiger partial charge in [0.15, 0.2) is 11.6 Å². The number of anilines is 2. The Labute approximate surface area is 134 Å². The second-order valence-corrected chi connectivity index (χ2v) is 5.71. The highest BCUT2D eigenvalue weighted by molar-refractivity contribution is 5.99. The van der Waals surface area contributed by atoms with Gasteiger partial charge >= 0.3 is 0 Å². The van der Waals surface area contributed by atoms with Gasteiger partial charge in [0.2, 0.25) is 0 Å². The van der Waals surface area contributed by atoms with E-state index < -0.39 is 5.82 Å². The van der Waals surface area contributed by atoms with E-state index in [9.17, 15) is 9.18 Å². The summed E-state index contributed by atoms with van der Waals surface area (Å²) in [5, 5.41) is 11.3. The lowest BCUT2D eigenvalue weighted by atomic mass is 10.0. The summed E-state index contributed by atoms with van der Waals surface area (Å²) in [6, 6.07) is 8.73. The van der Waals surface area contributed by atoms with Gasteiger partial charge < -0.3 is 10.2 Å². The van der Waals surface area contributed by atoms with Crippen LogP contribution in [-0.2, 0) is 0 Å². The van der Waals surface area contributed by atoms with Gasteiger partial charge in [-0.1, -0.05) is 6.07 Å². The highest BCUT2D eigenvalue weighted by Gasteiger charge is 2.22. The molecular formula is C17H19FN4O. The third-order valence-corrected chi connectivity index (χ3v) is 4.10. The van der Waals surface area contributed by atoms with Gasteiger partial charge in [-0.05, 0) is 44.0 Å². The van der Waals surface area contributed by atoms with Gasteiger partial charge in [0.25, 0.3) is 0 Å². The van der Waals surface area contributed by atoms with Gasteiger partial charge in [-0.15, -0.1) is 5.10 Å². The van der Waals surface area contributed by atoms with E-state index in [4.69, 9.17) is 0 Å². The predicted octanol–water partition coefficient (Wildman–Crippen LogP) is 2.90. The van der Waals surface area contributed by atoms with Crippen molar-refractivity contribution in [3.8, 4) is 0 Å². The maximum Gasteiger partial charge on any atom is 0.164 e. The summed E-state index contributed by atoms with van der Waals surface area (Å²) >= 11 is 0. The molecule has 0 unspecified atom stereocenters. The lowest BCUT2D eigenvalue weighted by Crippen LogP contribution is -2.39. The van der Waals surface area contributed by atoms with Crippen LogP contribution in [0.1, 0.15) is 30.1 Å². The average molecular weight is 314 g/mol. The van der Waals surface area contributed by atoms with Gasteiger partial charge in [-0.2, -0.15) is 5.10 Å². The first-order valence-corrected chi connectivity index (χ1v) is 7.74. The zero-order valence-electron chi connectivity index (χ0n) is 13.0. The van der Waals surface area contributed by atoms with Gasteiger partial charge in [0, 0.05) is 31.0 Å². The Bertz CT molecular complexity index is 684. The van der Waals surface area contributed by atoms with Gasteiger partial charge in [-0.3, -0.25) is 4.79 Å². The number of carbonyl (C=O) groups is 1. The van der Waals surface area contributed by atoms with E-state index in [0.717, 1.165) is 31.7 Å². The molecule has 6 heteroatoms. The molecule has 1 N–H and O–H groups in total. The average Bonchev–Trinajstić information content (AvgIpc) is 2.56. The van der Waals surface area contributed by atoms with Crippen molar-refractivity contribution in [2.24, 2.45) is 0 Å². The van der Waals surface area contributed by atoms with E-state index in [2.05, 4.69) is 20.4 Å². The number of aromatic nitrogens is 2. The Morgan fingerprint density at radius 3 is 2.70 bits per heavy atom. The molecule has 0 radical (unpaired) electrons. The van der Waals surface area contributed by atoms with Crippen molar-refractivity contribution < 1.29 is 9.18 Å². The quantitative estimate of drug-likeness (QED) is 0.879. The molecule has 2 aromatic rings. The Balaban J connectivity index is 1.66. The zero-order chi connectivity index (χ0) is 16.2. The summed E-state index contributed by atoms with van der Waals surface area (Å²) < 4.78 is 13.9. The first-order chi connectivity index (χ1) is 11.1. The minimum Gasteiger partial charge on any atom is -0.382 e. The molecule has 1 aromatic carbocycles. The maximum atomic E-state index is 13.9. The van der Waals surface area contributed by atoms with E-state index in [0.29, 0.717) is 5.69 Å². The van der Waals surface area contributed by atoms with Crippen molar-refractivity contribution in [3.05, 3.63) is 47.9 Å². The molecule has 0 atom stereocenters. The lowest BCUT2D eigenvalue weighted by Gasteiger charge is -2.33. The molecule has 0 spiro atoms. The first kappa shape index (κ1) is 15.4. The normalized spacial score (nSPS) is 15.5. The number of nitrogens with zero attached hydrogens (tertiary/aromatic N) is 3. The van der Waals surface area contributed by atoms with Crippen molar-refractivity contribution in [1.82, 2.24) is 10.2 Å². The zero-order valence-corrected chi connectivity index (χ0v) is 13.0. The largest absolute Gasteiger partial charge is 0.382 e. The molecule has 1 fully saturated rings. The fourth-order valence-electron chi connectivity index (χ4n) is 2.94. The van der Waals surface area contributed by atoms with Crippen molar-refractivity contribution in [2.45, 2.75) is 25.8 Å². The van der Waals surface area contributed by atoms with E-state index in [1.165, 1.54) is 13.0 Å². The highest BCUT2D eigenvalue weighted by Crippen LogP contribution is 2.24. The molecule has 1 aromatic heterocycles. The lowest BCUT2D eigenvalue weighted by molar-refractivity contribution is 0.101. The monoisotopic (exact) mass is 314 g/mol. The van der Waals surface area contributed by atoms with Crippen LogP contribution in [0.2, 0.25) is 0 Å². The van der Waals surface area contributed by atoms with E-state index in [1.807, 2.05) is 12.1 Å². The number of halogens is 1. The van der Waals surface area contributed by atoms with Crippen LogP contribution in [0.4, 0.5) is 15.9 Å². The van der Waals surface area contributed by atoms with Crippen LogP contribution in [0.15, 0.2) is 36.5 Å². The summed E-state index contributed by atoms with van der Waals surface area (Å²) in [4.78, 5) is 13.8. The topological polar surface area (TPSA) is 58.1 Å². The van der Waals surface area contributed by atoms with Crippen LogP contribution in [0.3, 0.4) is 0 Å². The van der Waals surface area contributed by atoms with Crippen molar-refractivity contribution in [2.75, 3.05) is 23.3 Å². The number of benzene rings is 1. The van der Waals surface area contributed by atoms with Crippen LogP contribution in [0, 0.1) is 5.82 Å². The van der Waals surface area contributed by atoms with Crippen molar-refractivity contribution in [3.63, 3.8) is 0 Å². The molecule has 0 bridgehead atoms. The second-order valence-electron chi connectivity index (χ2n) is 5.71. The molecule has 120 valence electrons. The number of hydrogen-bond acceptors (Lipinski definition) is 5. The maximum absolute atomic E-state index is 13.9. The van der Waals surface area contributed by atoms with Crippen molar-refractivity contribution in [1.29, 1.82) is 0 Å². The molecule has 1 saturated heterocycles. The highest BCUT2D eigenvalue weighted by atomic mass is 19.1. The molecule has 3 rings (SSSR count). The summed E-state index contributed by atoms with van der Waals surface area (Å²) in [6.45, 7) is 3.09. The number of hydrogen-bond donors (Lipinski definition) is 1. The molecule has 1 aliphatic rings. The Hall–Kier alpha value is -2.50. The summed E-state index contributed by atoms with van der Waals surface area (Å²) in [7, 11) is 0. The number of rotatable bonds is 4. The van der Waals surface area contributed by atoms with Gasteiger partial charge in [-0.25, -0.2) is 4.39 Å². The fourth-order valence-corrected chi connectivity index (χ4v) is 2.94. The smallest absolute Gasteiger partial charge is 0.164 e. The molecule has 0 aliphatic carbocycles. The third-order valence-electron chi connectivity index (χ3n) is 4.10. The van der Waals surface area contributed by atoms with E-state index in [-0.39, 0.29) is 17.4 Å². The third kappa shape index (κ3) is 3.47. The number of carbonyl (C=O) groups excluding carboxylic acids is 1. The van der Waals surface area contributed by atoms with Crippen LogP contribution in [0.25, 0.3) is 0 Å². The van der Waals surface area contributed by atoms with Crippen molar-refractivity contribution >= 4 is 17.3 Å². The molecule has 2 heterocycles. The van der Waals surface area contributed by atoms with Gasteiger partial charge in [0.05, 0.1) is 5.56 Å². The van der Waals surface area contributed by atoms with Crippen LogP contribution in [0.5, 0.6) is 0 Å². The number of piperidine rings is 1. The molecule has 5 nitrogen and oxygen atoms in total. The second kappa shape index (κ2) is 6.73. The minimum absolute atomic E-state index is 0.142.